The number of carbonyl (C=O) groups excluding carboxylic acids is 2. The zero-order valence-corrected chi connectivity index (χ0v) is 14.8. The Balaban J connectivity index is 0. The van der Waals surface area contributed by atoms with Crippen molar-refractivity contribution in [2.24, 2.45) is 5.73 Å². The number of hydrogen-bond donors (Lipinski definition) is 1. The standard InChI is InChI=1S/C15H29NO4.ClH/c1-14(2,3)19-12(17)10-8-7-9-11(16)13(18)20-15(4,5)6;/h11H,7-10,16H2,1-6H3;1H. The first-order valence-corrected chi connectivity index (χ1v) is 7.11. The second kappa shape index (κ2) is 9.26. The number of rotatable bonds is 6. The molecule has 0 aliphatic heterocycles. The number of nitrogens with two attached hydrogens (primary N) is 1. The highest BCUT2D eigenvalue weighted by Gasteiger charge is 2.22. The summed E-state index contributed by atoms with van der Waals surface area (Å²) in [6.45, 7) is 10.9. The Labute approximate surface area is 134 Å². The third-order valence-corrected chi connectivity index (χ3v) is 2.28. The van der Waals surface area contributed by atoms with Gasteiger partial charge in [-0.15, -0.1) is 12.4 Å². The first kappa shape index (κ1) is 22.5. The molecule has 0 amide bonds. The summed E-state index contributed by atoms with van der Waals surface area (Å²) in [4.78, 5) is 23.1. The van der Waals surface area contributed by atoms with E-state index in [1.165, 1.54) is 0 Å². The van der Waals surface area contributed by atoms with Gasteiger partial charge in [-0.3, -0.25) is 9.59 Å². The van der Waals surface area contributed by atoms with Gasteiger partial charge in [-0.25, -0.2) is 0 Å². The van der Waals surface area contributed by atoms with E-state index in [9.17, 15) is 9.59 Å². The van der Waals surface area contributed by atoms with Crippen LogP contribution in [0, 0.1) is 0 Å². The summed E-state index contributed by atoms with van der Waals surface area (Å²) in [5.74, 6) is -0.613. The number of halogens is 1. The van der Waals surface area contributed by atoms with Gasteiger partial charge in [0, 0.05) is 6.42 Å². The van der Waals surface area contributed by atoms with E-state index in [-0.39, 0.29) is 18.4 Å². The summed E-state index contributed by atoms with van der Waals surface area (Å²) in [6.07, 6.45) is 2.21. The molecule has 1 atom stereocenters. The molecule has 0 saturated heterocycles. The normalized spacial score (nSPS) is 13.1. The van der Waals surface area contributed by atoms with Crippen molar-refractivity contribution in [3.63, 3.8) is 0 Å². The Morgan fingerprint density at radius 1 is 0.952 bits per heavy atom. The van der Waals surface area contributed by atoms with Gasteiger partial charge in [-0.1, -0.05) is 6.42 Å². The fraction of sp³-hybridized carbons (Fsp3) is 0.867. The van der Waals surface area contributed by atoms with E-state index < -0.39 is 23.2 Å². The van der Waals surface area contributed by atoms with E-state index in [4.69, 9.17) is 15.2 Å². The van der Waals surface area contributed by atoms with E-state index in [1.54, 1.807) is 20.8 Å². The average Bonchev–Trinajstić information content (AvgIpc) is 2.18. The molecule has 6 heteroatoms. The molecule has 5 nitrogen and oxygen atoms in total. The van der Waals surface area contributed by atoms with E-state index in [1.807, 2.05) is 20.8 Å². The van der Waals surface area contributed by atoms with Crippen molar-refractivity contribution in [3.05, 3.63) is 0 Å². The quantitative estimate of drug-likeness (QED) is 0.600. The summed E-state index contributed by atoms with van der Waals surface area (Å²) >= 11 is 0. The first-order valence-electron chi connectivity index (χ1n) is 7.11. The first-order chi connectivity index (χ1) is 8.91. The van der Waals surface area contributed by atoms with Crippen LogP contribution in [-0.4, -0.2) is 29.2 Å². The summed E-state index contributed by atoms with van der Waals surface area (Å²) in [5.41, 5.74) is 4.78. The van der Waals surface area contributed by atoms with Crippen LogP contribution >= 0.6 is 12.4 Å². The van der Waals surface area contributed by atoms with Crippen LogP contribution in [0.4, 0.5) is 0 Å². The second-order valence-electron chi connectivity index (χ2n) is 6.97. The summed E-state index contributed by atoms with van der Waals surface area (Å²) in [7, 11) is 0. The maximum atomic E-state index is 11.6. The van der Waals surface area contributed by atoms with Gasteiger partial charge in [0.15, 0.2) is 0 Å². The lowest BCUT2D eigenvalue weighted by Crippen LogP contribution is -2.37. The van der Waals surface area contributed by atoms with Crippen LogP contribution in [0.3, 0.4) is 0 Å². The number of carbonyl (C=O) groups is 2. The molecule has 126 valence electrons. The molecule has 0 heterocycles. The lowest BCUT2D eigenvalue weighted by molar-refractivity contribution is -0.156. The molecule has 0 aliphatic rings. The molecule has 2 N–H and O–H groups in total. The van der Waals surface area contributed by atoms with Crippen molar-refractivity contribution in [1.29, 1.82) is 0 Å². The maximum Gasteiger partial charge on any atom is 0.323 e. The van der Waals surface area contributed by atoms with Crippen LogP contribution in [0.25, 0.3) is 0 Å². The Bertz CT molecular complexity index is 332. The van der Waals surface area contributed by atoms with Gasteiger partial charge in [-0.2, -0.15) is 0 Å². The van der Waals surface area contributed by atoms with Crippen molar-refractivity contribution < 1.29 is 19.1 Å². The lowest BCUT2D eigenvalue weighted by Gasteiger charge is -2.22. The highest BCUT2D eigenvalue weighted by Crippen LogP contribution is 2.13. The van der Waals surface area contributed by atoms with Crippen molar-refractivity contribution >= 4 is 24.3 Å². The van der Waals surface area contributed by atoms with Crippen molar-refractivity contribution in [2.75, 3.05) is 0 Å². The topological polar surface area (TPSA) is 78.6 Å². The summed E-state index contributed by atoms with van der Waals surface area (Å²) in [6, 6.07) is -0.632. The molecule has 0 aromatic carbocycles. The van der Waals surface area contributed by atoms with Gasteiger partial charge < -0.3 is 15.2 Å². The van der Waals surface area contributed by atoms with E-state index >= 15 is 0 Å². The Kier molecular flexibility index (Phi) is 9.91. The van der Waals surface area contributed by atoms with E-state index in [2.05, 4.69) is 0 Å². The van der Waals surface area contributed by atoms with Crippen molar-refractivity contribution in [3.8, 4) is 0 Å². The molecule has 0 radical (unpaired) electrons. The molecule has 0 spiro atoms. The second-order valence-corrected chi connectivity index (χ2v) is 6.97. The Hall–Kier alpha value is -0.810. The van der Waals surface area contributed by atoms with Crippen molar-refractivity contribution in [1.82, 2.24) is 0 Å². The highest BCUT2D eigenvalue weighted by atomic mass is 35.5. The third-order valence-electron chi connectivity index (χ3n) is 2.28. The molecule has 0 aromatic rings. The van der Waals surface area contributed by atoms with Gasteiger partial charge in [-0.05, 0) is 54.4 Å². The number of esters is 2. The van der Waals surface area contributed by atoms with Gasteiger partial charge in [0.2, 0.25) is 0 Å². The molecule has 0 rings (SSSR count). The fourth-order valence-electron chi connectivity index (χ4n) is 1.52. The lowest BCUT2D eigenvalue weighted by atomic mass is 10.1. The number of unbranched alkanes of at least 4 members (excludes halogenated alkanes) is 1. The molecule has 0 saturated carbocycles. The van der Waals surface area contributed by atoms with Gasteiger partial charge in [0.1, 0.15) is 17.2 Å². The number of hydrogen-bond acceptors (Lipinski definition) is 5. The average molecular weight is 324 g/mol. The van der Waals surface area contributed by atoms with Crippen LogP contribution in [0.5, 0.6) is 0 Å². The maximum absolute atomic E-state index is 11.6. The van der Waals surface area contributed by atoms with Crippen LogP contribution in [0.2, 0.25) is 0 Å². The molecule has 1 unspecified atom stereocenters. The zero-order chi connectivity index (χ0) is 16.0. The van der Waals surface area contributed by atoms with Crippen LogP contribution in [-0.2, 0) is 19.1 Å². The smallest absolute Gasteiger partial charge is 0.323 e. The summed E-state index contributed by atoms with van der Waals surface area (Å²) < 4.78 is 10.4. The SMILES string of the molecule is CC(C)(C)OC(=O)CCCCC(N)C(=O)OC(C)(C)C.Cl. The molecule has 0 fully saturated rings. The zero-order valence-electron chi connectivity index (χ0n) is 14.0. The van der Waals surface area contributed by atoms with E-state index in [0.717, 1.165) is 0 Å². The largest absolute Gasteiger partial charge is 0.460 e. The highest BCUT2D eigenvalue weighted by molar-refractivity contribution is 5.85. The Morgan fingerprint density at radius 3 is 1.86 bits per heavy atom. The molecule has 0 aliphatic carbocycles. The van der Waals surface area contributed by atoms with E-state index in [0.29, 0.717) is 25.7 Å². The van der Waals surface area contributed by atoms with Crippen LogP contribution < -0.4 is 5.73 Å². The molecule has 21 heavy (non-hydrogen) atoms. The fourth-order valence-corrected chi connectivity index (χ4v) is 1.52. The van der Waals surface area contributed by atoms with Crippen LogP contribution in [0.1, 0.15) is 67.2 Å². The number of ether oxygens (including phenoxy) is 2. The van der Waals surface area contributed by atoms with Crippen molar-refractivity contribution in [2.45, 2.75) is 84.5 Å². The summed E-state index contributed by atoms with van der Waals surface area (Å²) in [5, 5.41) is 0. The molecule has 0 bridgehead atoms. The third kappa shape index (κ3) is 13.9. The minimum absolute atomic E-state index is 0. The van der Waals surface area contributed by atoms with Gasteiger partial charge in [0.05, 0.1) is 0 Å². The predicted molar refractivity (Wildman–Crippen MR) is 85.4 cm³/mol. The van der Waals surface area contributed by atoms with Gasteiger partial charge in [0.25, 0.3) is 0 Å². The van der Waals surface area contributed by atoms with Gasteiger partial charge >= 0.3 is 11.9 Å². The molecular formula is C15H30ClNO4. The Morgan fingerprint density at radius 2 is 1.43 bits per heavy atom. The monoisotopic (exact) mass is 323 g/mol. The van der Waals surface area contributed by atoms with Crippen LogP contribution in [0.15, 0.2) is 0 Å². The minimum Gasteiger partial charge on any atom is -0.460 e. The molecular weight excluding hydrogens is 294 g/mol. The predicted octanol–water partition coefficient (Wildman–Crippen LogP) is 2.98. The molecule has 0 aromatic heterocycles. The minimum atomic E-state index is -0.632.